The van der Waals surface area contributed by atoms with Crippen molar-refractivity contribution in [2.45, 2.75) is 11.8 Å². The van der Waals surface area contributed by atoms with Crippen molar-refractivity contribution in [3.8, 4) is 5.75 Å². The number of nitrogens with zero attached hydrogens (tertiary/aromatic N) is 1. The number of benzene rings is 3. The molecule has 3 aromatic rings. The first kappa shape index (κ1) is 24.1. The molecule has 3 aromatic carbocycles. The summed E-state index contributed by atoms with van der Waals surface area (Å²) in [5.41, 5.74) is 1.49. The number of ether oxygens (including phenoxy) is 1. The summed E-state index contributed by atoms with van der Waals surface area (Å²) >= 11 is 6.14. The quantitative estimate of drug-likeness (QED) is 0.514. The Morgan fingerprint density at radius 2 is 1.67 bits per heavy atom. The van der Waals surface area contributed by atoms with Crippen LogP contribution in [0.4, 0.5) is 17.1 Å². The highest BCUT2D eigenvalue weighted by Gasteiger charge is 2.22. The Morgan fingerprint density at radius 3 is 2.30 bits per heavy atom. The van der Waals surface area contributed by atoms with E-state index in [4.69, 9.17) is 16.3 Å². The molecule has 0 heterocycles. The molecule has 0 atom stereocenters. The van der Waals surface area contributed by atoms with Gasteiger partial charge in [0.05, 0.1) is 17.8 Å². The molecule has 172 valence electrons. The van der Waals surface area contributed by atoms with Crippen LogP contribution in [-0.2, 0) is 14.8 Å². The van der Waals surface area contributed by atoms with Crippen LogP contribution in [0.1, 0.15) is 17.3 Å². The first-order valence-electron chi connectivity index (χ1n) is 9.73. The van der Waals surface area contributed by atoms with Gasteiger partial charge in [-0.15, -0.1) is 0 Å². The molecule has 33 heavy (non-hydrogen) atoms. The van der Waals surface area contributed by atoms with Crippen molar-refractivity contribution in [2.24, 2.45) is 0 Å². The largest absolute Gasteiger partial charge is 0.495 e. The number of sulfonamides is 1. The van der Waals surface area contributed by atoms with Crippen molar-refractivity contribution in [1.82, 2.24) is 0 Å². The molecular formula is C23H22ClN3O5S. The van der Waals surface area contributed by atoms with Crippen LogP contribution >= 0.6 is 11.6 Å². The summed E-state index contributed by atoms with van der Waals surface area (Å²) in [7, 11) is -1.04. The molecule has 0 unspecified atom stereocenters. The first-order valence-corrected chi connectivity index (χ1v) is 11.6. The Kier molecular flexibility index (Phi) is 7.25. The summed E-state index contributed by atoms with van der Waals surface area (Å²) < 4.78 is 33.5. The highest BCUT2D eigenvalue weighted by molar-refractivity contribution is 7.92. The van der Waals surface area contributed by atoms with Gasteiger partial charge in [0, 0.05) is 30.9 Å². The third-order valence-corrected chi connectivity index (χ3v) is 6.67. The van der Waals surface area contributed by atoms with Gasteiger partial charge in [-0.2, -0.15) is 0 Å². The first-order chi connectivity index (χ1) is 15.6. The van der Waals surface area contributed by atoms with Crippen LogP contribution in [0, 0.1) is 0 Å². The van der Waals surface area contributed by atoms with E-state index in [1.807, 2.05) is 0 Å². The fraction of sp³-hybridized carbons (Fsp3) is 0.130. The van der Waals surface area contributed by atoms with Gasteiger partial charge in [-0.05, 0) is 54.6 Å². The van der Waals surface area contributed by atoms with Gasteiger partial charge in [0.25, 0.3) is 15.9 Å². The zero-order chi connectivity index (χ0) is 24.2. The van der Waals surface area contributed by atoms with E-state index in [0.717, 1.165) is 0 Å². The van der Waals surface area contributed by atoms with Gasteiger partial charge in [0.2, 0.25) is 5.91 Å². The monoisotopic (exact) mass is 487 g/mol. The minimum atomic E-state index is -4.11. The lowest BCUT2D eigenvalue weighted by atomic mass is 10.2. The number of nitrogens with one attached hydrogen (secondary N) is 2. The summed E-state index contributed by atoms with van der Waals surface area (Å²) in [5, 5.41) is 2.66. The zero-order valence-corrected chi connectivity index (χ0v) is 19.7. The van der Waals surface area contributed by atoms with Crippen molar-refractivity contribution in [3.05, 3.63) is 77.3 Å². The molecule has 0 aliphatic carbocycles. The van der Waals surface area contributed by atoms with Gasteiger partial charge in [-0.3, -0.25) is 14.3 Å². The molecule has 0 bridgehead atoms. The van der Waals surface area contributed by atoms with Gasteiger partial charge in [-0.1, -0.05) is 23.7 Å². The summed E-state index contributed by atoms with van der Waals surface area (Å²) in [4.78, 5) is 25.4. The molecule has 0 saturated heterocycles. The van der Waals surface area contributed by atoms with Gasteiger partial charge >= 0.3 is 0 Å². The lowest BCUT2D eigenvalue weighted by Crippen LogP contribution is -2.22. The van der Waals surface area contributed by atoms with E-state index in [0.29, 0.717) is 17.1 Å². The highest BCUT2D eigenvalue weighted by Crippen LogP contribution is 2.29. The molecular weight excluding hydrogens is 466 g/mol. The Bertz CT molecular complexity index is 1290. The Balaban J connectivity index is 1.83. The second kappa shape index (κ2) is 9.93. The smallest absolute Gasteiger partial charge is 0.263 e. The minimum Gasteiger partial charge on any atom is -0.495 e. The number of hydrogen-bond acceptors (Lipinski definition) is 5. The van der Waals surface area contributed by atoms with Gasteiger partial charge in [0.15, 0.2) is 0 Å². The molecule has 0 fully saturated rings. The molecule has 0 aromatic heterocycles. The third kappa shape index (κ3) is 5.63. The minimum absolute atomic E-state index is 0.0365. The maximum Gasteiger partial charge on any atom is 0.263 e. The van der Waals surface area contributed by atoms with E-state index in [2.05, 4.69) is 10.0 Å². The topological polar surface area (TPSA) is 105 Å². The molecule has 0 aliphatic heterocycles. The van der Waals surface area contributed by atoms with E-state index in [-0.39, 0.29) is 27.1 Å². The second-order valence-electron chi connectivity index (χ2n) is 7.03. The van der Waals surface area contributed by atoms with E-state index in [1.54, 1.807) is 55.6 Å². The molecule has 2 N–H and O–H groups in total. The number of hydrogen-bond donors (Lipinski definition) is 2. The lowest BCUT2D eigenvalue weighted by molar-refractivity contribution is -0.116. The SMILES string of the molecule is COc1ccccc1NS(=O)(=O)c1cc(C(=O)Nc2ccc(N(C)C(C)=O)cc2)ccc1Cl. The number of anilines is 3. The Hall–Kier alpha value is -3.56. The van der Waals surface area contributed by atoms with Crippen LogP contribution in [0.15, 0.2) is 71.6 Å². The molecule has 0 saturated carbocycles. The van der Waals surface area contributed by atoms with Crippen molar-refractivity contribution in [3.63, 3.8) is 0 Å². The van der Waals surface area contributed by atoms with Crippen LogP contribution in [0.3, 0.4) is 0 Å². The Labute approximate surface area is 197 Å². The van der Waals surface area contributed by atoms with Gasteiger partial charge in [0.1, 0.15) is 10.6 Å². The standard InChI is InChI=1S/C23H22ClN3O5S/c1-15(28)27(2)18-11-9-17(10-12-18)25-23(29)16-8-13-19(24)22(14-16)33(30,31)26-20-6-4-5-7-21(20)32-3/h4-14,26H,1-3H3,(H,25,29). The van der Waals surface area contributed by atoms with Crippen molar-refractivity contribution < 1.29 is 22.7 Å². The van der Waals surface area contributed by atoms with Crippen LogP contribution in [0.2, 0.25) is 5.02 Å². The molecule has 0 radical (unpaired) electrons. The van der Waals surface area contributed by atoms with Gasteiger partial charge in [-0.25, -0.2) is 8.42 Å². The number of amides is 2. The summed E-state index contributed by atoms with van der Waals surface area (Å²) in [6.07, 6.45) is 0. The maximum absolute atomic E-state index is 13.0. The predicted octanol–water partition coefficient (Wildman–Crippen LogP) is 4.38. The lowest BCUT2D eigenvalue weighted by Gasteiger charge is -2.15. The van der Waals surface area contributed by atoms with Crippen molar-refractivity contribution in [2.75, 3.05) is 29.1 Å². The summed E-state index contributed by atoms with van der Waals surface area (Å²) in [6, 6.07) is 17.2. The second-order valence-corrected chi connectivity index (χ2v) is 9.09. The number of methoxy groups -OCH3 is 1. The van der Waals surface area contributed by atoms with Crippen LogP contribution in [-0.4, -0.2) is 34.4 Å². The number of rotatable bonds is 7. The van der Waals surface area contributed by atoms with E-state index < -0.39 is 15.9 Å². The molecule has 0 aliphatic rings. The maximum atomic E-state index is 13.0. The van der Waals surface area contributed by atoms with Crippen molar-refractivity contribution >= 4 is 50.5 Å². The van der Waals surface area contributed by atoms with Crippen LogP contribution in [0.5, 0.6) is 5.75 Å². The van der Waals surface area contributed by atoms with Crippen molar-refractivity contribution in [1.29, 1.82) is 0 Å². The zero-order valence-electron chi connectivity index (χ0n) is 18.1. The van der Waals surface area contributed by atoms with E-state index in [9.17, 15) is 18.0 Å². The fourth-order valence-corrected chi connectivity index (χ4v) is 4.53. The molecule has 3 rings (SSSR count). The van der Waals surface area contributed by atoms with E-state index >= 15 is 0 Å². The van der Waals surface area contributed by atoms with E-state index in [1.165, 1.54) is 37.1 Å². The van der Waals surface area contributed by atoms with Gasteiger partial charge < -0.3 is 15.0 Å². The number of carbonyl (C=O) groups is 2. The van der Waals surface area contributed by atoms with Crippen LogP contribution < -0.4 is 19.7 Å². The number of para-hydroxylation sites is 2. The average molecular weight is 488 g/mol. The number of halogens is 1. The fourth-order valence-electron chi connectivity index (χ4n) is 2.93. The molecule has 2 amide bonds. The molecule has 10 heteroatoms. The molecule has 0 spiro atoms. The highest BCUT2D eigenvalue weighted by atomic mass is 35.5. The molecule has 8 nitrogen and oxygen atoms in total. The summed E-state index contributed by atoms with van der Waals surface area (Å²) in [6.45, 7) is 1.45. The average Bonchev–Trinajstić information content (AvgIpc) is 2.79. The predicted molar refractivity (Wildman–Crippen MR) is 129 cm³/mol. The summed E-state index contributed by atoms with van der Waals surface area (Å²) in [5.74, 6) is -0.304. The third-order valence-electron chi connectivity index (χ3n) is 4.82. The Morgan fingerprint density at radius 1 is 1.00 bits per heavy atom. The number of carbonyl (C=O) groups excluding carboxylic acids is 2. The van der Waals surface area contributed by atoms with Crippen LogP contribution in [0.25, 0.3) is 0 Å². The normalized spacial score (nSPS) is 10.9.